The average molecular weight is 326 g/mol. The van der Waals surface area contributed by atoms with Gasteiger partial charge in [-0.1, -0.05) is 68.1 Å². The number of hydrogen-bond donors (Lipinski definition) is 1. The smallest absolute Gasteiger partial charge is 0.0457 e. The van der Waals surface area contributed by atoms with Crippen LogP contribution in [0.1, 0.15) is 63.4 Å². The first-order valence-corrected chi connectivity index (χ1v) is 9.11. The molecule has 1 aromatic rings. The molecule has 3 heteroatoms. The molecule has 0 amide bonds. The maximum absolute atomic E-state index is 6.98. The molecule has 3 rings (SSSR count). The van der Waals surface area contributed by atoms with E-state index in [4.69, 9.17) is 28.9 Å². The Hall–Kier alpha value is -0.240. The lowest BCUT2D eigenvalue weighted by Gasteiger charge is -2.47. The van der Waals surface area contributed by atoms with Crippen LogP contribution in [-0.4, -0.2) is 0 Å². The highest BCUT2D eigenvalue weighted by atomic mass is 35.5. The summed E-state index contributed by atoms with van der Waals surface area (Å²) in [6.45, 7) is 0. The molecule has 116 valence electrons. The summed E-state index contributed by atoms with van der Waals surface area (Å²) >= 11 is 12.7. The molecule has 21 heavy (non-hydrogen) atoms. The van der Waals surface area contributed by atoms with Crippen LogP contribution in [0.15, 0.2) is 18.2 Å². The van der Waals surface area contributed by atoms with Gasteiger partial charge in [-0.15, -0.1) is 0 Å². The average Bonchev–Trinajstić information content (AvgIpc) is 2.51. The molecule has 2 aliphatic carbocycles. The Labute approximate surface area is 138 Å². The van der Waals surface area contributed by atoms with E-state index in [0.29, 0.717) is 5.92 Å². The molecular formula is C18H25Cl2N. The molecule has 2 N–H and O–H groups in total. The van der Waals surface area contributed by atoms with Crippen LogP contribution in [0, 0.1) is 11.8 Å². The van der Waals surface area contributed by atoms with Crippen LogP contribution in [0.5, 0.6) is 0 Å². The largest absolute Gasteiger partial charge is 0.321 e. The van der Waals surface area contributed by atoms with Gasteiger partial charge in [0, 0.05) is 15.6 Å². The highest BCUT2D eigenvalue weighted by Gasteiger charge is 2.43. The highest BCUT2D eigenvalue weighted by molar-refractivity contribution is 6.33. The summed E-state index contributed by atoms with van der Waals surface area (Å²) in [5, 5.41) is 1.52. The third kappa shape index (κ3) is 3.11. The molecule has 2 aliphatic rings. The van der Waals surface area contributed by atoms with Crippen LogP contribution in [0.4, 0.5) is 0 Å². The Bertz CT molecular complexity index is 496. The molecule has 2 atom stereocenters. The molecule has 0 radical (unpaired) electrons. The van der Waals surface area contributed by atoms with Gasteiger partial charge in [-0.2, -0.15) is 0 Å². The first-order valence-electron chi connectivity index (χ1n) is 8.35. The minimum Gasteiger partial charge on any atom is -0.321 e. The topological polar surface area (TPSA) is 26.0 Å². The van der Waals surface area contributed by atoms with Crippen molar-refractivity contribution in [3.8, 4) is 0 Å². The van der Waals surface area contributed by atoms with E-state index in [9.17, 15) is 0 Å². The summed E-state index contributed by atoms with van der Waals surface area (Å²) in [5.74, 6) is 1.32. The van der Waals surface area contributed by atoms with Crippen molar-refractivity contribution >= 4 is 23.2 Å². The summed E-state index contributed by atoms with van der Waals surface area (Å²) in [6.07, 6.45) is 11.6. The van der Waals surface area contributed by atoms with Gasteiger partial charge in [-0.3, -0.25) is 0 Å². The van der Waals surface area contributed by atoms with Crippen LogP contribution >= 0.6 is 23.2 Å². The molecule has 0 heterocycles. The minimum atomic E-state index is -0.289. The fraction of sp³-hybridized carbons (Fsp3) is 0.667. The number of benzene rings is 1. The van der Waals surface area contributed by atoms with Gasteiger partial charge in [0.2, 0.25) is 0 Å². The SMILES string of the molecule is NC1(c2cc(Cl)ccc2Cl)CCCCC1C1CCCCC1. The third-order valence-corrected chi connectivity index (χ3v) is 6.23. The maximum Gasteiger partial charge on any atom is 0.0457 e. The first-order chi connectivity index (χ1) is 10.1. The fourth-order valence-electron chi connectivity index (χ4n) is 4.61. The van der Waals surface area contributed by atoms with Crippen LogP contribution in [0.2, 0.25) is 10.0 Å². The Morgan fingerprint density at radius 3 is 2.43 bits per heavy atom. The van der Waals surface area contributed by atoms with E-state index in [1.807, 2.05) is 18.2 Å². The van der Waals surface area contributed by atoms with Gasteiger partial charge in [0.15, 0.2) is 0 Å². The van der Waals surface area contributed by atoms with Crippen molar-refractivity contribution in [2.24, 2.45) is 17.6 Å². The van der Waals surface area contributed by atoms with Crippen molar-refractivity contribution in [3.05, 3.63) is 33.8 Å². The number of nitrogens with two attached hydrogens (primary N) is 1. The summed E-state index contributed by atoms with van der Waals surface area (Å²) in [6, 6.07) is 5.76. The molecule has 1 nitrogen and oxygen atoms in total. The van der Waals surface area contributed by atoms with Crippen LogP contribution in [0.3, 0.4) is 0 Å². The van der Waals surface area contributed by atoms with E-state index in [0.717, 1.165) is 27.9 Å². The predicted molar refractivity (Wildman–Crippen MR) is 90.9 cm³/mol. The zero-order chi connectivity index (χ0) is 14.9. The van der Waals surface area contributed by atoms with Crippen LogP contribution in [0.25, 0.3) is 0 Å². The fourth-order valence-corrected chi connectivity index (χ4v) is 5.07. The summed E-state index contributed by atoms with van der Waals surface area (Å²) in [5.41, 5.74) is 7.77. The van der Waals surface area contributed by atoms with E-state index in [1.54, 1.807) is 0 Å². The molecule has 2 fully saturated rings. The molecule has 0 aliphatic heterocycles. The quantitative estimate of drug-likeness (QED) is 0.717. The second kappa shape index (κ2) is 6.48. The summed E-state index contributed by atoms with van der Waals surface area (Å²) in [4.78, 5) is 0. The number of rotatable bonds is 2. The molecule has 1 aromatic carbocycles. The maximum atomic E-state index is 6.98. The second-order valence-electron chi connectivity index (χ2n) is 6.91. The molecule has 0 saturated heterocycles. The number of halogens is 2. The van der Waals surface area contributed by atoms with E-state index >= 15 is 0 Å². The van der Waals surface area contributed by atoms with Crippen molar-refractivity contribution in [3.63, 3.8) is 0 Å². The van der Waals surface area contributed by atoms with Crippen molar-refractivity contribution in [1.82, 2.24) is 0 Å². The van der Waals surface area contributed by atoms with Crippen molar-refractivity contribution in [1.29, 1.82) is 0 Å². The van der Waals surface area contributed by atoms with Gasteiger partial charge < -0.3 is 5.73 Å². The Balaban J connectivity index is 1.96. The monoisotopic (exact) mass is 325 g/mol. The zero-order valence-electron chi connectivity index (χ0n) is 12.6. The lowest BCUT2D eigenvalue weighted by atomic mass is 9.62. The van der Waals surface area contributed by atoms with Crippen LogP contribution < -0.4 is 5.73 Å². The molecule has 0 bridgehead atoms. The lowest BCUT2D eigenvalue weighted by molar-refractivity contribution is 0.0986. The van der Waals surface area contributed by atoms with Crippen molar-refractivity contribution in [2.45, 2.75) is 63.3 Å². The van der Waals surface area contributed by atoms with Crippen LogP contribution in [-0.2, 0) is 5.54 Å². The zero-order valence-corrected chi connectivity index (χ0v) is 14.1. The second-order valence-corrected chi connectivity index (χ2v) is 7.76. The first kappa shape index (κ1) is 15.6. The van der Waals surface area contributed by atoms with Gasteiger partial charge in [0.25, 0.3) is 0 Å². The summed E-state index contributed by atoms with van der Waals surface area (Å²) in [7, 11) is 0. The Morgan fingerprint density at radius 2 is 1.67 bits per heavy atom. The normalized spacial score (nSPS) is 31.3. The van der Waals surface area contributed by atoms with Crippen molar-refractivity contribution < 1.29 is 0 Å². The molecule has 2 unspecified atom stereocenters. The van der Waals surface area contributed by atoms with E-state index in [-0.39, 0.29) is 5.54 Å². The Morgan fingerprint density at radius 1 is 0.952 bits per heavy atom. The number of hydrogen-bond acceptors (Lipinski definition) is 1. The summed E-state index contributed by atoms with van der Waals surface area (Å²) < 4.78 is 0. The van der Waals surface area contributed by atoms with E-state index in [1.165, 1.54) is 51.4 Å². The molecule has 2 saturated carbocycles. The van der Waals surface area contributed by atoms with Crippen molar-refractivity contribution in [2.75, 3.05) is 0 Å². The van der Waals surface area contributed by atoms with Gasteiger partial charge >= 0.3 is 0 Å². The minimum absolute atomic E-state index is 0.289. The van der Waals surface area contributed by atoms with Gasteiger partial charge in [-0.05, 0) is 48.4 Å². The molecular weight excluding hydrogens is 301 g/mol. The highest BCUT2D eigenvalue weighted by Crippen LogP contribution is 2.49. The van der Waals surface area contributed by atoms with Gasteiger partial charge in [-0.25, -0.2) is 0 Å². The predicted octanol–water partition coefficient (Wildman–Crippen LogP) is 5.92. The van der Waals surface area contributed by atoms with Gasteiger partial charge in [0.1, 0.15) is 0 Å². The third-order valence-electron chi connectivity index (χ3n) is 5.67. The standard InChI is InChI=1S/C18H25Cl2N/c19-14-9-10-17(20)16(12-14)18(21)11-5-4-8-15(18)13-6-2-1-3-7-13/h9-10,12-13,15H,1-8,11,21H2. The molecule has 0 spiro atoms. The lowest BCUT2D eigenvalue weighted by Crippen LogP contribution is -2.49. The Kier molecular flexibility index (Phi) is 4.83. The van der Waals surface area contributed by atoms with E-state index in [2.05, 4.69) is 0 Å². The van der Waals surface area contributed by atoms with Gasteiger partial charge in [0.05, 0.1) is 0 Å². The van der Waals surface area contributed by atoms with E-state index < -0.39 is 0 Å². The molecule has 0 aromatic heterocycles.